The van der Waals surface area contributed by atoms with Gasteiger partial charge in [0.1, 0.15) is 17.0 Å². The Kier molecular flexibility index (Phi) is 3.67. The van der Waals surface area contributed by atoms with Gasteiger partial charge >= 0.3 is 0 Å². The van der Waals surface area contributed by atoms with Crippen LogP contribution in [0.2, 0.25) is 0 Å². The third kappa shape index (κ3) is 2.91. The van der Waals surface area contributed by atoms with E-state index in [2.05, 4.69) is 36.5 Å². The summed E-state index contributed by atoms with van der Waals surface area (Å²) in [4.78, 5) is 26.2. The first-order valence-electron chi connectivity index (χ1n) is 7.74. The highest BCUT2D eigenvalue weighted by Crippen LogP contribution is 2.27. The van der Waals surface area contributed by atoms with Crippen LogP contribution in [0, 0.1) is 0 Å². The van der Waals surface area contributed by atoms with Crippen LogP contribution in [0.1, 0.15) is 12.8 Å². The number of hydrogen-bond acceptors (Lipinski definition) is 6. The van der Waals surface area contributed by atoms with Gasteiger partial charge in [-0.15, -0.1) is 11.3 Å². The first-order valence-corrected chi connectivity index (χ1v) is 8.62. The maximum Gasteiger partial charge on any atom is 0.234 e. The molecule has 4 rings (SSSR count). The number of fused-ring (bicyclic) bond motifs is 1. The number of carbonyl (C=O) groups excluding carboxylic acids is 1. The lowest BCUT2D eigenvalue weighted by Crippen LogP contribution is -2.50. The van der Waals surface area contributed by atoms with Crippen LogP contribution in [0.5, 0.6) is 0 Å². The minimum atomic E-state index is 0.165. The van der Waals surface area contributed by atoms with Gasteiger partial charge in [-0.05, 0) is 24.3 Å². The molecule has 3 heterocycles. The Morgan fingerprint density at radius 3 is 2.86 bits per heavy atom. The van der Waals surface area contributed by atoms with E-state index in [4.69, 9.17) is 0 Å². The molecule has 1 amide bonds. The quantitative estimate of drug-likeness (QED) is 0.915. The number of hydrogen-bond donors (Lipinski definition) is 1. The predicted molar refractivity (Wildman–Crippen MR) is 87.2 cm³/mol. The number of nitrogens with zero attached hydrogens (tertiary/aromatic N) is 4. The number of rotatable bonds is 4. The lowest BCUT2D eigenvalue weighted by molar-refractivity contribution is -0.122. The Labute approximate surface area is 133 Å². The number of piperazine rings is 1. The van der Waals surface area contributed by atoms with Crippen LogP contribution in [0.3, 0.4) is 0 Å². The van der Waals surface area contributed by atoms with Gasteiger partial charge in [-0.2, -0.15) is 0 Å². The largest absolute Gasteiger partial charge is 0.353 e. The fraction of sp³-hybridized carbons (Fsp3) is 0.533. The second-order valence-electron chi connectivity index (χ2n) is 5.94. The van der Waals surface area contributed by atoms with Crippen molar-refractivity contribution in [2.24, 2.45) is 0 Å². The maximum absolute atomic E-state index is 11.9. The minimum absolute atomic E-state index is 0.165. The molecule has 0 radical (unpaired) electrons. The number of thiophene rings is 1. The van der Waals surface area contributed by atoms with Crippen LogP contribution < -0.4 is 10.2 Å². The highest BCUT2D eigenvalue weighted by molar-refractivity contribution is 7.16. The van der Waals surface area contributed by atoms with Gasteiger partial charge < -0.3 is 10.2 Å². The smallest absolute Gasteiger partial charge is 0.234 e. The Morgan fingerprint density at radius 2 is 2.09 bits per heavy atom. The first-order chi connectivity index (χ1) is 10.8. The van der Waals surface area contributed by atoms with Crippen LogP contribution in [-0.2, 0) is 4.79 Å². The fourth-order valence-electron chi connectivity index (χ4n) is 2.85. The summed E-state index contributed by atoms with van der Waals surface area (Å²) in [5.74, 6) is 1.19. The number of aromatic nitrogens is 2. The number of amides is 1. The van der Waals surface area contributed by atoms with Crippen molar-refractivity contribution in [3.63, 3.8) is 0 Å². The Morgan fingerprint density at radius 1 is 1.27 bits per heavy atom. The molecule has 7 heteroatoms. The molecule has 1 saturated heterocycles. The molecular formula is C15H19N5OS. The molecule has 2 aliphatic rings. The topological polar surface area (TPSA) is 61.4 Å². The molecule has 6 nitrogen and oxygen atoms in total. The van der Waals surface area contributed by atoms with Gasteiger partial charge in [-0.25, -0.2) is 9.97 Å². The second kappa shape index (κ2) is 5.81. The van der Waals surface area contributed by atoms with E-state index in [1.165, 1.54) is 0 Å². The van der Waals surface area contributed by atoms with E-state index in [1.807, 2.05) is 0 Å². The summed E-state index contributed by atoms with van der Waals surface area (Å²) in [6.45, 7) is 4.11. The summed E-state index contributed by atoms with van der Waals surface area (Å²) in [6, 6.07) is 2.53. The van der Waals surface area contributed by atoms with E-state index in [9.17, 15) is 4.79 Å². The predicted octanol–water partition coefficient (Wildman–Crippen LogP) is 1.09. The molecule has 2 aromatic rings. The van der Waals surface area contributed by atoms with Gasteiger partial charge in [-0.3, -0.25) is 9.69 Å². The number of nitrogens with one attached hydrogen (secondary N) is 1. The fourth-order valence-corrected chi connectivity index (χ4v) is 3.58. The Bertz CT molecular complexity index is 675. The molecule has 1 aliphatic carbocycles. The highest BCUT2D eigenvalue weighted by atomic mass is 32.1. The van der Waals surface area contributed by atoms with Crippen molar-refractivity contribution in [3.8, 4) is 0 Å². The lowest BCUT2D eigenvalue weighted by Gasteiger charge is -2.35. The Balaban J connectivity index is 1.37. The Hall–Kier alpha value is -1.73. The zero-order valence-electron chi connectivity index (χ0n) is 12.4. The van der Waals surface area contributed by atoms with Gasteiger partial charge in [0.2, 0.25) is 5.91 Å². The summed E-state index contributed by atoms with van der Waals surface area (Å²) in [5.41, 5.74) is 0. The molecular weight excluding hydrogens is 298 g/mol. The molecule has 2 aromatic heterocycles. The molecule has 1 aliphatic heterocycles. The molecule has 116 valence electrons. The highest BCUT2D eigenvalue weighted by Gasteiger charge is 2.25. The summed E-state index contributed by atoms with van der Waals surface area (Å²) >= 11 is 1.64. The third-order valence-electron chi connectivity index (χ3n) is 4.22. The van der Waals surface area contributed by atoms with Crippen molar-refractivity contribution in [2.45, 2.75) is 18.9 Å². The molecule has 22 heavy (non-hydrogen) atoms. The molecule has 2 fully saturated rings. The zero-order valence-corrected chi connectivity index (χ0v) is 13.2. The van der Waals surface area contributed by atoms with Gasteiger partial charge in [0.25, 0.3) is 0 Å². The molecule has 0 unspecified atom stereocenters. The van der Waals surface area contributed by atoms with E-state index >= 15 is 0 Å². The molecule has 0 atom stereocenters. The van der Waals surface area contributed by atoms with Gasteiger partial charge in [0.05, 0.1) is 11.9 Å². The average Bonchev–Trinajstić information content (AvgIpc) is 3.20. The van der Waals surface area contributed by atoms with Crippen molar-refractivity contribution < 1.29 is 4.79 Å². The molecule has 0 aromatic carbocycles. The summed E-state index contributed by atoms with van der Waals surface area (Å²) in [7, 11) is 0. The van der Waals surface area contributed by atoms with Crippen LogP contribution in [0.4, 0.5) is 5.82 Å². The van der Waals surface area contributed by atoms with Crippen LogP contribution in [0.25, 0.3) is 10.2 Å². The maximum atomic E-state index is 11.9. The van der Waals surface area contributed by atoms with Crippen molar-refractivity contribution in [1.82, 2.24) is 20.2 Å². The van der Waals surface area contributed by atoms with Crippen molar-refractivity contribution in [1.29, 1.82) is 0 Å². The van der Waals surface area contributed by atoms with Gasteiger partial charge in [0, 0.05) is 32.2 Å². The van der Waals surface area contributed by atoms with E-state index in [0.717, 1.165) is 55.1 Å². The monoisotopic (exact) mass is 317 g/mol. The molecule has 1 N–H and O–H groups in total. The van der Waals surface area contributed by atoms with Crippen LogP contribution in [-0.4, -0.2) is 59.5 Å². The lowest BCUT2D eigenvalue weighted by atomic mass is 10.2. The van der Waals surface area contributed by atoms with Crippen molar-refractivity contribution in [2.75, 3.05) is 37.6 Å². The van der Waals surface area contributed by atoms with Gasteiger partial charge in [0.15, 0.2) is 0 Å². The number of anilines is 1. The number of carbonyl (C=O) groups is 1. The minimum Gasteiger partial charge on any atom is -0.353 e. The standard InChI is InChI=1S/C15H19N5OS/c21-13(18-11-1-2-11)9-19-4-6-20(7-5-19)14-12-3-8-22-15(12)17-10-16-14/h3,8,10-11H,1-2,4-7,9H2,(H,18,21). The zero-order chi connectivity index (χ0) is 14.9. The molecule has 0 spiro atoms. The summed E-state index contributed by atoms with van der Waals surface area (Å²) in [5, 5.41) is 6.24. The van der Waals surface area contributed by atoms with E-state index in [-0.39, 0.29) is 5.91 Å². The average molecular weight is 317 g/mol. The first kappa shape index (κ1) is 13.9. The van der Waals surface area contributed by atoms with Crippen molar-refractivity contribution >= 4 is 33.3 Å². The van der Waals surface area contributed by atoms with Crippen molar-refractivity contribution in [3.05, 3.63) is 17.8 Å². The summed E-state index contributed by atoms with van der Waals surface area (Å²) < 4.78 is 0. The van der Waals surface area contributed by atoms with Gasteiger partial charge in [-0.1, -0.05) is 0 Å². The van der Waals surface area contributed by atoms with Crippen LogP contribution >= 0.6 is 11.3 Å². The van der Waals surface area contributed by atoms with E-state index in [0.29, 0.717) is 12.6 Å². The van der Waals surface area contributed by atoms with E-state index in [1.54, 1.807) is 17.7 Å². The SMILES string of the molecule is O=C(CN1CCN(c2ncnc3sccc23)CC1)NC1CC1. The molecule has 0 bridgehead atoms. The third-order valence-corrected chi connectivity index (χ3v) is 5.04. The van der Waals surface area contributed by atoms with Crippen LogP contribution in [0.15, 0.2) is 17.8 Å². The van der Waals surface area contributed by atoms with E-state index < -0.39 is 0 Å². The normalized spacial score (nSPS) is 19.5. The molecule has 1 saturated carbocycles. The second-order valence-corrected chi connectivity index (χ2v) is 6.84. The summed E-state index contributed by atoms with van der Waals surface area (Å²) in [6.07, 6.45) is 3.93.